The molecule has 18 heavy (non-hydrogen) atoms. The Bertz CT molecular complexity index is 406. The molecule has 0 bridgehead atoms. The van der Waals surface area contributed by atoms with E-state index in [0.717, 1.165) is 17.6 Å². The molecule has 5 nitrogen and oxygen atoms in total. The van der Waals surface area contributed by atoms with Gasteiger partial charge in [0.05, 0.1) is 0 Å². The Labute approximate surface area is 109 Å². The molecule has 0 saturated heterocycles. The quantitative estimate of drug-likeness (QED) is 0.835. The number of nitrogens with one attached hydrogen (secondary N) is 1. The first-order valence-electron chi connectivity index (χ1n) is 6.43. The molecule has 2 rings (SSSR count). The zero-order chi connectivity index (χ0) is 13.1. The van der Waals surface area contributed by atoms with Crippen molar-refractivity contribution in [2.45, 2.75) is 32.4 Å². The molecule has 0 aromatic carbocycles. The minimum absolute atomic E-state index is 0.439. The smallest absolute Gasteiger partial charge is 0.158 e. The van der Waals surface area contributed by atoms with E-state index >= 15 is 0 Å². The summed E-state index contributed by atoms with van der Waals surface area (Å²) in [5, 5.41) is 3.07. The fourth-order valence-corrected chi connectivity index (χ4v) is 2.09. The molecule has 1 aliphatic carbocycles. The summed E-state index contributed by atoms with van der Waals surface area (Å²) in [5.74, 6) is 3.32. The van der Waals surface area contributed by atoms with Crippen LogP contribution in [-0.2, 0) is 11.3 Å². The molecule has 5 heteroatoms. The molecule has 1 N–H and O–H groups in total. The molecule has 1 heterocycles. The molecular weight excluding hydrogens is 228 g/mol. The van der Waals surface area contributed by atoms with Gasteiger partial charge < -0.3 is 15.0 Å². The first kappa shape index (κ1) is 13.1. The van der Waals surface area contributed by atoms with Gasteiger partial charge in [0.1, 0.15) is 18.2 Å². The molecule has 0 amide bonds. The van der Waals surface area contributed by atoms with E-state index in [-0.39, 0.29) is 0 Å². The van der Waals surface area contributed by atoms with E-state index in [9.17, 15) is 0 Å². The highest BCUT2D eigenvalue weighted by Crippen LogP contribution is 2.36. The van der Waals surface area contributed by atoms with E-state index in [1.54, 1.807) is 7.11 Å². The molecule has 100 valence electrons. The molecule has 1 saturated carbocycles. The number of anilines is 2. The highest BCUT2D eigenvalue weighted by molar-refractivity contribution is 5.49. The lowest BCUT2D eigenvalue weighted by molar-refractivity contribution is 0.178. The lowest BCUT2D eigenvalue weighted by Gasteiger charge is -2.26. The summed E-state index contributed by atoms with van der Waals surface area (Å²) in [4.78, 5) is 11.2. The minimum atomic E-state index is 0.439. The van der Waals surface area contributed by atoms with Gasteiger partial charge in [-0.25, -0.2) is 9.97 Å². The van der Waals surface area contributed by atoms with Crippen molar-refractivity contribution in [3.63, 3.8) is 0 Å². The van der Waals surface area contributed by atoms with E-state index in [1.807, 2.05) is 13.1 Å². The maximum Gasteiger partial charge on any atom is 0.158 e. The van der Waals surface area contributed by atoms with Crippen LogP contribution in [0.3, 0.4) is 0 Å². The van der Waals surface area contributed by atoms with Gasteiger partial charge in [0.25, 0.3) is 0 Å². The SMILES string of the molecule is CNc1cc(N(C)C(C)C2CC2)nc(COC)n1. The normalized spacial score (nSPS) is 16.4. The van der Waals surface area contributed by atoms with E-state index in [1.165, 1.54) is 12.8 Å². The van der Waals surface area contributed by atoms with Crippen molar-refractivity contribution < 1.29 is 4.74 Å². The summed E-state index contributed by atoms with van der Waals surface area (Å²) in [5.41, 5.74) is 0. The van der Waals surface area contributed by atoms with Crippen molar-refractivity contribution in [3.05, 3.63) is 11.9 Å². The van der Waals surface area contributed by atoms with Crippen LogP contribution in [0.5, 0.6) is 0 Å². The second-order valence-electron chi connectivity index (χ2n) is 4.90. The van der Waals surface area contributed by atoms with Crippen LogP contribution in [0.1, 0.15) is 25.6 Å². The van der Waals surface area contributed by atoms with E-state index in [4.69, 9.17) is 4.74 Å². The molecule has 1 unspecified atom stereocenters. The number of hydrogen-bond donors (Lipinski definition) is 1. The van der Waals surface area contributed by atoms with Gasteiger partial charge in [-0.05, 0) is 25.7 Å². The molecule has 0 radical (unpaired) electrons. The zero-order valence-corrected chi connectivity index (χ0v) is 11.6. The molecule has 1 fully saturated rings. The molecule has 0 spiro atoms. The molecule has 0 aliphatic heterocycles. The summed E-state index contributed by atoms with van der Waals surface area (Å²) in [6, 6.07) is 2.51. The van der Waals surface area contributed by atoms with Crippen molar-refractivity contribution in [1.82, 2.24) is 9.97 Å². The molecular formula is C13H22N4O. The summed E-state index contributed by atoms with van der Waals surface area (Å²) in [7, 11) is 5.62. The summed E-state index contributed by atoms with van der Waals surface area (Å²) >= 11 is 0. The van der Waals surface area contributed by atoms with E-state index in [2.05, 4.69) is 34.2 Å². The second kappa shape index (κ2) is 5.52. The number of ether oxygens (including phenoxy) is 1. The van der Waals surface area contributed by atoms with Crippen LogP contribution in [0.15, 0.2) is 6.07 Å². The van der Waals surface area contributed by atoms with Crippen molar-refractivity contribution >= 4 is 11.6 Å². The average Bonchev–Trinajstić information content (AvgIpc) is 3.21. The van der Waals surface area contributed by atoms with E-state index < -0.39 is 0 Å². The van der Waals surface area contributed by atoms with Crippen molar-refractivity contribution in [2.75, 3.05) is 31.4 Å². The van der Waals surface area contributed by atoms with Crippen LogP contribution >= 0.6 is 0 Å². The largest absolute Gasteiger partial charge is 0.377 e. The summed E-state index contributed by atoms with van der Waals surface area (Å²) in [6.45, 7) is 2.70. The molecule has 1 atom stereocenters. The Morgan fingerprint density at radius 3 is 2.78 bits per heavy atom. The lowest BCUT2D eigenvalue weighted by Crippen LogP contribution is -2.31. The molecule has 1 aromatic heterocycles. The van der Waals surface area contributed by atoms with Gasteiger partial charge in [-0.15, -0.1) is 0 Å². The number of hydrogen-bond acceptors (Lipinski definition) is 5. The fourth-order valence-electron chi connectivity index (χ4n) is 2.09. The Balaban J connectivity index is 2.21. The highest BCUT2D eigenvalue weighted by Gasteiger charge is 2.31. The van der Waals surface area contributed by atoms with Crippen LogP contribution < -0.4 is 10.2 Å². The van der Waals surface area contributed by atoms with Crippen LogP contribution in [0.4, 0.5) is 11.6 Å². The Morgan fingerprint density at radius 1 is 1.50 bits per heavy atom. The zero-order valence-electron chi connectivity index (χ0n) is 11.6. The standard InChI is InChI=1S/C13H22N4O/c1-9(10-5-6-10)17(3)13-7-11(14-2)15-12(16-13)8-18-4/h7,9-10H,5-6,8H2,1-4H3,(H,14,15,16). The van der Waals surface area contributed by atoms with Crippen LogP contribution in [0, 0.1) is 5.92 Å². The Morgan fingerprint density at radius 2 is 2.22 bits per heavy atom. The first-order valence-corrected chi connectivity index (χ1v) is 6.43. The number of nitrogens with zero attached hydrogens (tertiary/aromatic N) is 3. The first-order chi connectivity index (χ1) is 8.65. The van der Waals surface area contributed by atoms with Crippen LogP contribution in [0.2, 0.25) is 0 Å². The molecule has 1 aromatic rings. The van der Waals surface area contributed by atoms with Crippen molar-refractivity contribution in [2.24, 2.45) is 5.92 Å². The fraction of sp³-hybridized carbons (Fsp3) is 0.692. The monoisotopic (exact) mass is 250 g/mol. The van der Waals surface area contributed by atoms with Crippen LogP contribution in [-0.4, -0.2) is 37.2 Å². The average molecular weight is 250 g/mol. The number of rotatable bonds is 6. The third kappa shape index (κ3) is 2.90. The van der Waals surface area contributed by atoms with Crippen molar-refractivity contribution in [3.8, 4) is 0 Å². The van der Waals surface area contributed by atoms with Crippen LogP contribution in [0.25, 0.3) is 0 Å². The molecule has 1 aliphatic rings. The highest BCUT2D eigenvalue weighted by atomic mass is 16.5. The summed E-state index contributed by atoms with van der Waals surface area (Å²) in [6.07, 6.45) is 2.67. The van der Waals surface area contributed by atoms with Gasteiger partial charge in [-0.3, -0.25) is 0 Å². The lowest BCUT2D eigenvalue weighted by atomic mass is 10.2. The van der Waals surface area contributed by atoms with Gasteiger partial charge in [0.15, 0.2) is 5.82 Å². The predicted molar refractivity (Wildman–Crippen MR) is 72.9 cm³/mol. The van der Waals surface area contributed by atoms with Gasteiger partial charge in [-0.2, -0.15) is 0 Å². The maximum atomic E-state index is 5.11. The Kier molecular flexibility index (Phi) is 4.01. The van der Waals surface area contributed by atoms with Gasteiger partial charge in [-0.1, -0.05) is 0 Å². The second-order valence-corrected chi connectivity index (χ2v) is 4.90. The topological polar surface area (TPSA) is 50.3 Å². The van der Waals surface area contributed by atoms with Gasteiger partial charge >= 0.3 is 0 Å². The minimum Gasteiger partial charge on any atom is -0.377 e. The summed E-state index contributed by atoms with van der Waals surface area (Å²) < 4.78 is 5.11. The predicted octanol–water partition coefficient (Wildman–Crippen LogP) is 1.90. The third-order valence-electron chi connectivity index (χ3n) is 3.57. The van der Waals surface area contributed by atoms with E-state index in [0.29, 0.717) is 18.5 Å². The Hall–Kier alpha value is -1.36. The number of methoxy groups -OCH3 is 1. The maximum absolute atomic E-state index is 5.11. The van der Waals surface area contributed by atoms with Gasteiger partial charge in [0.2, 0.25) is 0 Å². The number of aromatic nitrogens is 2. The van der Waals surface area contributed by atoms with Crippen molar-refractivity contribution in [1.29, 1.82) is 0 Å². The van der Waals surface area contributed by atoms with Gasteiger partial charge in [0, 0.05) is 33.3 Å². The third-order valence-corrected chi connectivity index (χ3v) is 3.57.